The van der Waals surface area contributed by atoms with Gasteiger partial charge in [0.25, 0.3) is 0 Å². The SMILES string of the molecule is Cc1cc(O)c(C(C)C)cc1C(C)(C)CO. The van der Waals surface area contributed by atoms with Crippen LogP contribution in [0.1, 0.15) is 50.3 Å². The first-order valence-electron chi connectivity index (χ1n) is 5.74. The average molecular weight is 222 g/mol. The lowest BCUT2D eigenvalue weighted by Gasteiger charge is -2.26. The summed E-state index contributed by atoms with van der Waals surface area (Å²) in [7, 11) is 0. The van der Waals surface area contributed by atoms with Crippen LogP contribution in [0.5, 0.6) is 5.75 Å². The zero-order chi connectivity index (χ0) is 12.5. The Morgan fingerprint density at radius 1 is 1.25 bits per heavy atom. The molecule has 0 saturated heterocycles. The van der Waals surface area contributed by atoms with E-state index in [0.717, 1.165) is 16.7 Å². The van der Waals surface area contributed by atoms with Crippen molar-refractivity contribution in [1.82, 2.24) is 0 Å². The molecule has 0 atom stereocenters. The number of phenolic OH excluding ortho intramolecular Hbond substituents is 1. The number of phenols is 1. The van der Waals surface area contributed by atoms with Crippen molar-refractivity contribution in [2.24, 2.45) is 0 Å². The smallest absolute Gasteiger partial charge is 0.119 e. The van der Waals surface area contributed by atoms with Crippen LogP contribution in [0, 0.1) is 6.92 Å². The highest BCUT2D eigenvalue weighted by atomic mass is 16.3. The molecule has 16 heavy (non-hydrogen) atoms. The molecule has 1 rings (SSSR count). The van der Waals surface area contributed by atoms with E-state index >= 15 is 0 Å². The lowest BCUT2D eigenvalue weighted by atomic mass is 9.80. The molecular weight excluding hydrogens is 200 g/mol. The number of rotatable bonds is 3. The second-order valence-corrected chi connectivity index (χ2v) is 5.42. The van der Waals surface area contributed by atoms with Gasteiger partial charge in [0.1, 0.15) is 5.75 Å². The van der Waals surface area contributed by atoms with E-state index in [1.165, 1.54) is 0 Å². The van der Waals surface area contributed by atoms with Crippen LogP contribution >= 0.6 is 0 Å². The molecule has 0 radical (unpaired) electrons. The minimum atomic E-state index is -0.262. The molecule has 2 heteroatoms. The van der Waals surface area contributed by atoms with Crippen molar-refractivity contribution in [2.45, 2.75) is 46.0 Å². The molecule has 0 heterocycles. The molecule has 0 fully saturated rings. The summed E-state index contributed by atoms with van der Waals surface area (Å²) < 4.78 is 0. The quantitative estimate of drug-likeness (QED) is 0.825. The molecule has 0 unspecified atom stereocenters. The third kappa shape index (κ3) is 2.38. The van der Waals surface area contributed by atoms with Crippen molar-refractivity contribution in [3.05, 3.63) is 28.8 Å². The van der Waals surface area contributed by atoms with Crippen LogP contribution in [0.3, 0.4) is 0 Å². The molecule has 1 aromatic rings. The predicted molar refractivity (Wildman–Crippen MR) is 67.0 cm³/mol. The normalized spacial score (nSPS) is 12.2. The molecule has 90 valence electrons. The highest BCUT2D eigenvalue weighted by molar-refractivity contribution is 5.45. The number of aliphatic hydroxyl groups excluding tert-OH is 1. The van der Waals surface area contributed by atoms with Crippen molar-refractivity contribution in [1.29, 1.82) is 0 Å². The molecule has 0 bridgehead atoms. The van der Waals surface area contributed by atoms with Crippen molar-refractivity contribution >= 4 is 0 Å². The molecule has 0 amide bonds. The van der Waals surface area contributed by atoms with Crippen LogP contribution in [0.15, 0.2) is 12.1 Å². The lowest BCUT2D eigenvalue weighted by molar-refractivity contribution is 0.218. The van der Waals surface area contributed by atoms with Crippen LogP contribution in [0.4, 0.5) is 0 Å². The van der Waals surface area contributed by atoms with E-state index in [1.54, 1.807) is 6.07 Å². The zero-order valence-electron chi connectivity index (χ0n) is 10.8. The molecule has 0 aromatic heterocycles. The number of aryl methyl sites for hydroxylation is 1. The fraction of sp³-hybridized carbons (Fsp3) is 0.571. The van der Waals surface area contributed by atoms with Gasteiger partial charge in [0, 0.05) is 5.41 Å². The molecule has 1 aromatic carbocycles. The number of hydrogen-bond donors (Lipinski definition) is 2. The average Bonchev–Trinajstić information content (AvgIpc) is 2.16. The topological polar surface area (TPSA) is 40.5 Å². The first kappa shape index (κ1) is 13.0. The third-order valence-electron chi connectivity index (χ3n) is 3.12. The third-order valence-corrected chi connectivity index (χ3v) is 3.12. The molecular formula is C14H22O2. The zero-order valence-corrected chi connectivity index (χ0v) is 10.8. The second kappa shape index (κ2) is 4.46. The van der Waals surface area contributed by atoms with Gasteiger partial charge in [0.15, 0.2) is 0 Å². The van der Waals surface area contributed by atoms with Gasteiger partial charge < -0.3 is 10.2 Å². The van der Waals surface area contributed by atoms with E-state index in [-0.39, 0.29) is 17.9 Å². The van der Waals surface area contributed by atoms with Crippen LogP contribution in [-0.2, 0) is 5.41 Å². The highest BCUT2D eigenvalue weighted by Crippen LogP contribution is 2.34. The van der Waals surface area contributed by atoms with Gasteiger partial charge >= 0.3 is 0 Å². The van der Waals surface area contributed by atoms with Gasteiger partial charge in [-0.05, 0) is 35.6 Å². The predicted octanol–water partition coefficient (Wildman–Crippen LogP) is 3.09. The molecule has 0 saturated carbocycles. The standard InChI is InChI=1S/C14H22O2/c1-9(2)11-7-12(14(4,5)8-15)10(3)6-13(11)16/h6-7,9,15-16H,8H2,1-5H3. The number of aromatic hydroxyl groups is 1. The minimum absolute atomic E-state index is 0.107. The van der Waals surface area contributed by atoms with Gasteiger partial charge in [0.05, 0.1) is 6.61 Å². The maximum absolute atomic E-state index is 9.86. The van der Waals surface area contributed by atoms with Crippen molar-refractivity contribution in [2.75, 3.05) is 6.61 Å². The Kier molecular flexibility index (Phi) is 3.64. The van der Waals surface area contributed by atoms with Gasteiger partial charge in [0.2, 0.25) is 0 Å². The summed E-state index contributed by atoms with van der Waals surface area (Å²) in [5.41, 5.74) is 2.82. The van der Waals surface area contributed by atoms with Gasteiger partial charge in [-0.3, -0.25) is 0 Å². The van der Waals surface area contributed by atoms with E-state index < -0.39 is 0 Å². The van der Waals surface area contributed by atoms with Crippen LogP contribution in [0.2, 0.25) is 0 Å². The van der Waals surface area contributed by atoms with Crippen molar-refractivity contribution < 1.29 is 10.2 Å². The summed E-state index contributed by atoms with van der Waals surface area (Å²) in [6.07, 6.45) is 0. The van der Waals surface area contributed by atoms with Gasteiger partial charge in [-0.25, -0.2) is 0 Å². The lowest BCUT2D eigenvalue weighted by Crippen LogP contribution is -2.23. The van der Waals surface area contributed by atoms with Crippen LogP contribution in [0.25, 0.3) is 0 Å². The summed E-state index contributed by atoms with van der Waals surface area (Å²) in [5.74, 6) is 0.638. The van der Waals surface area contributed by atoms with Crippen LogP contribution < -0.4 is 0 Å². The minimum Gasteiger partial charge on any atom is -0.508 e. The van der Waals surface area contributed by atoms with Crippen molar-refractivity contribution in [3.63, 3.8) is 0 Å². The first-order chi connectivity index (χ1) is 7.29. The van der Waals surface area contributed by atoms with Gasteiger partial charge in [-0.15, -0.1) is 0 Å². The summed E-state index contributed by atoms with van der Waals surface area (Å²) >= 11 is 0. The molecule has 0 aliphatic rings. The van der Waals surface area contributed by atoms with Gasteiger partial charge in [-0.2, -0.15) is 0 Å². The Morgan fingerprint density at radius 3 is 2.25 bits per heavy atom. The Labute approximate surface area is 97.9 Å². The van der Waals surface area contributed by atoms with E-state index in [0.29, 0.717) is 5.75 Å². The van der Waals surface area contributed by atoms with Crippen LogP contribution in [-0.4, -0.2) is 16.8 Å². The number of hydrogen-bond acceptors (Lipinski definition) is 2. The van der Waals surface area contributed by atoms with E-state index in [1.807, 2.05) is 26.8 Å². The fourth-order valence-corrected chi connectivity index (χ4v) is 1.99. The molecule has 0 spiro atoms. The van der Waals surface area contributed by atoms with E-state index in [2.05, 4.69) is 13.8 Å². The number of aliphatic hydroxyl groups is 1. The maximum Gasteiger partial charge on any atom is 0.119 e. The van der Waals surface area contributed by atoms with Crippen molar-refractivity contribution in [3.8, 4) is 5.75 Å². The summed E-state index contributed by atoms with van der Waals surface area (Å²) in [5, 5.41) is 19.3. The Morgan fingerprint density at radius 2 is 1.81 bits per heavy atom. The molecule has 0 aliphatic carbocycles. The second-order valence-electron chi connectivity index (χ2n) is 5.42. The van der Waals surface area contributed by atoms with Gasteiger partial charge in [-0.1, -0.05) is 33.8 Å². The number of benzene rings is 1. The van der Waals surface area contributed by atoms with E-state index in [4.69, 9.17) is 0 Å². The Balaban J connectivity index is 3.36. The summed E-state index contributed by atoms with van der Waals surface area (Å²) in [6, 6.07) is 3.81. The van der Waals surface area contributed by atoms with E-state index in [9.17, 15) is 10.2 Å². The monoisotopic (exact) mass is 222 g/mol. The summed E-state index contributed by atoms with van der Waals surface area (Å²) in [6.45, 7) is 10.2. The summed E-state index contributed by atoms with van der Waals surface area (Å²) in [4.78, 5) is 0. The Bertz CT molecular complexity index is 379. The molecule has 0 aliphatic heterocycles. The largest absolute Gasteiger partial charge is 0.508 e. The molecule has 2 N–H and O–H groups in total. The molecule has 2 nitrogen and oxygen atoms in total. The Hall–Kier alpha value is -1.02. The highest BCUT2D eigenvalue weighted by Gasteiger charge is 2.23. The fourth-order valence-electron chi connectivity index (χ4n) is 1.99. The maximum atomic E-state index is 9.86. The first-order valence-corrected chi connectivity index (χ1v) is 5.74.